The molecule has 1 amide bonds. The standard InChI is InChI=1S/C16H17N3O3/c1-18-10-12(8-7-11-5-3-2-4-6-11)19-14(16(18)22)15(21)13(20)9-17-19/h2-6,9,12,21H,7-8,10H2,1H3. The average molecular weight is 299 g/mol. The Balaban J connectivity index is 1.91. The third-order valence-corrected chi connectivity index (χ3v) is 3.98. The Hall–Kier alpha value is -2.63. The number of fused-ring (bicyclic) bond motifs is 1. The van der Waals surface area contributed by atoms with E-state index < -0.39 is 11.2 Å². The van der Waals surface area contributed by atoms with Gasteiger partial charge in [-0.25, -0.2) is 0 Å². The molecule has 0 aliphatic carbocycles. The zero-order valence-corrected chi connectivity index (χ0v) is 12.3. The van der Waals surface area contributed by atoms with Gasteiger partial charge in [-0.2, -0.15) is 5.10 Å². The lowest BCUT2D eigenvalue weighted by Gasteiger charge is -2.32. The first-order chi connectivity index (χ1) is 10.6. The van der Waals surface area contributed by atoms with Crippen molar-refractivity contribution in [2.24, 2.45) is 0 Å². The van der Waals surface area contributed by atoms with Crippen molar-refractivity contribution < 1.29 is 9.90 Å². The summed E-state index contributed by atoms with van der Waals surface area (Å²) in [4.78, 5) is 25.2. The second-order valence-corrected chi connectivity index (χ2v) is 5.51. The van der Waals surface area contributed by atoms with Crippen molar-refractivity contribution >= 4 is 5.91 Å². The predicted molar refractivity (Wildman–Crippen MR) is 80.9 cm³/mol. The van der Waals surface area contributed by atoms with Crippen LogP contribution in [0.4, 0.5) is 0 Å². The molecule has 1 aliphatic rings. The number of hydrogen-bond acceptors (Lipinski definition) is 4. The van der Waals surface area contributed by atoms with Gasteiger partial charge < -0.3 is 10.0 Å². The van der Waals surface area contributed by atoms with Gasteiger partial charge in [0.25, 0.3) is 5.91 Å². The summed E-state index contributed by atoms with van der Waals surface area (Å²) in [5.41, 5.74) is 0.560. The molecule has 1 N–H and O–H groups in total. The zero-order valence-electron chi connectivity index (χ0n) is 12.3. The third kappa shape index (κ3) is 2.47. The van der Waals surface area contributed by atoms with Gasteiger partial charge in [-0.1, -0.05) is 30.3 Å². The zero-order chi connectivity index (χ0) is 15.7. The van der Waals surface area contributed by atoms with Gasteiger partial charge in [0.2, 0.25) is 5.43 Å². The molecule has 1 aromatic carbocycles. The van der Waals surface area contributed by atoms with E-state index in [1.165, 1.54) is 15.1 Å². The molecular weight excluding hydrogens is 282 g/mol. The Labute approximate surface area is 127 Å². The van der Waals surface area contributed by atoms with Crippen LogP contribution in [0.1, 0.15) is 28.5 Å². The molecule has 6 nitrogen and oxygen atoms in total. The minimum absolute atomic E-state index is 0.0145. The lowest BCUT2D eigenvalue weighted by Crippen LogP contribution is -2.43. The molecular formula is C16H17N3O3. The number of hydrogen-bond donors (Lipinski definition) is 1. The molecule has 0 saturated heterocycles. The van der Waals surface area contributed by atoms with Gasteiger partial charge in [0.15, 0.2) is 11.4 Å². The van der Waals surface area contributed by atoms with Gasteiger partial charge in [-0.3, -0.25) is 14.3 Å². The van der Waals surface area contributed by atoms with E-state index in [1.807, 2.05) is 18.2 Å². The van der Waals surface area contributed by atoms with Gasteiger partial charge in [0.1, 0.15) is 0 Å². The maximum absolute atomic E-state index is 12.2. The van der Waals surface area contributed by atoms with Crippen molar-refractivity contribution in [3.8, 4) is 5.75 Å². The molecule has 0 radical (unpaired) electrons. The van der Waals surface area contributed by atoms with Crippen LogP contribution in [0.25, 0.3) is 0 Å². The SMILES string of the molecule is CN1CC(CCc2ccccc2)n2ncc(=O)c(O)c2C1=O. The summed E-state index contributed by atoms with van der Waals surface area (Å²) in [6.45, 7) is 0.508. The second kappa shape index (κ2) is 5.63. The van der Waals surface area contributed by atoms with E-state index in [2.05, 4.69) is 17.2 Å². The summed E-state index contributed by atoms with van der Waals surface area (Å²) >= 11 is 0. The highest BCUT2D eigenvalue weighted by molar-refractivity contribution is 5.95. The summed E-state index contributed by atoms with van der Waals surface area (Å²) in [5.74, 6) is -0.894. The third-order valence-electron chi connectivity index (χ3n) is 3.98. The largest absolute Gasteiger partial charge is 0.502 e. The van der Waals surface area contributed by atoms with Crippen LogP contribution in [0.2, 0.25) is 0 Å². The van der Waals surface area contributed by atoms with E-state index in [1.54, 1.807) is 7.05 Å². The van der Waals surface area contributed by atoms with Gasteiger partial charge in [-0.05, 0) is 18.4 Å². The van der Waals surface area contributed by atoms with Crippen molar-refractivity contribution in [1.29, 1.82) is 0 Å². The molecule has 1 aliphatic heterocycles. The number of aryl methyl sites for hydroxylation is 1. The number of carbonyl (C=O) groups excluding carboxylic acids is 1. The van der Waals surface area contributed by atoms with E-state index in [4.69, 9.17) is 0 Å². The monoisotopic (exact) mass is 299 g/mol. The van der Waals surface area contributed by atoms with E-state index in [9.17, 15) is 14.7 Å². The quantitative estimate of drug-likeness (QED) is 0.924. The van der Waals surface area contributed by atoms with E-state index in [0.717, 1.165) is 19.0 Å². The molecule has 1 atom stereocenters. The Morgan fingerprint density at radius 1 is 1.27 bits per heavy atom. The molecule has 0 saturated carbocycles. The first-order valence-electron chi connectivity index (χ1n) is 7.18. The van der Waals surface area contributed by atoms with Crippen LogP contribution in [0.15, 0.2) is 41.3 Å². The van der Waals surface area contributed by atoms with Crippen LogP contribution < -0.4 is 5.43 Å². The van der Waals surface area contributed by atoms with E-state index in [-0.39, 0.29) is 17.6 Å². The fraction of sp³-hybridized carbons (Fsp3) is 0.312. The highest BCUT2D eigenvalue weighted by Crippen LogP contribution is 2.26. The number of carbonyl (C=O) groups is 1. The molecule has 114 valence electrons. The van der Waals surface area contributed by atoms with Gasteiger partial charge in [0, 0.05) is 13.6 Å². The summed E-state index contributed by atoms with van der Waals surface area (Å²) in [7, 11) is 1.66. The van der Waals surface area contributed by atoms with Crippen molar-refractivity contribution in [3.63, 3.8) is 0 Å². The predicted octanol–water partition coefficient (Wildman–Crippen LogP) is 1.21. The molecule has 0 bridgehead atoms. The first-order valence-corrected chi connectivity index (χ1v) is 7.18. The number of rotatable bonds is 3. The minimum Gasteiger partial charge on any atom is -0.502 e. The normalized spacial score (nSPS) is 17.4. The maximum atomic E-state index is 12.2. The van der Waals surface area contributed by atoms with Gasteiger partial charge in [0.05, 0.1) is 12.2 Å². The molecule has 0 fully saturated rings. The summed E-state index contributed by atoms with van der Waals surface area (Å²) in [6, 6.07) is 9.98. The molecule has 1 unspecified atom stereocenters. The smallest absolute Gasteiger partial charge is 0.275 e. The van der Waals surface area contributed by atoms with Crippen LogP contribution >= 0.6 is 0 Å². The van der Waals surface area contributed by atoms with Crippen molar-refractivity contribution in [1.82, 2.24) is 14.7 Å². The van der Waals surface area contributed by atoms with Gasteiger partial charge >= 0.3 is 0 Å². The summed E-state index contributed by atoms with van der Waals surface area (Å²) in [6.07, 6.45) is 2.67. The van der Waals surface area contributed by atoms with E-state index in [0.29, 0.717) is 6.54 Å². The summed E-state index contributed by atoms with van der Waals surface area (Å²) < 4.78 is 1.49. The van der Waals surface area contributed by atoms with Crippen molar-refractivity contribution in [2.45, 2.75) is 18.9 Å². The fourth-order valence-electron chi connectivity index (χ4n) is 2.78. The number of likely N-dealkylation sites (N-methyl/N-ethyl adjacent to an activating group) is 1. The van der Waals surface area contributed by atoms with Crippen LogP contribution in [-0.2, 0) is 6.42 Å². The Bertz CT molecular complexity index is 755. The fourth-order valence-corrected chi connectivity index (χ4v) is 2.78. The average Bonchev–Trinajstić information content (AvgIpc) is 2.53. The highest BCUT2D eigenvalue weighted by atomic mass is 16.3. The van der Waals surface area contributed by atoms with Crippen LogP contribution in [0, 0.1) is 0 Å². The topological polar surface area (TPSA) is 75.4 Å². The molecule has 0 spiro atoms. The summed E-state index contributed by atoms with van der Waals surface area (Å²) in [5, 5.41) is 14.0. The van der Waals surface area contributed by atoms with E-state index >= 15 is 0 Å². The Kier molecular flexibility index (Phi) is 3.66. The number of amides is 1. The van der Waals surface area contributed by atoms with Crippen LogP contribution in [0.3, 0.4) is 0 Å². The maximum Gasteiger partial charge on any atom is 0.275 e. The van der Waals surface area contributed by atoms with Gasteiger partial charge in [-0.15, -0.1) is 0 Å². The first kappa shape index (κ1) is 14.3. The van der Waals surface area contributed by atoms with Crippen LogP contribution in [-0.4, -0.2) is 39.3 Å². The highest BCUT2D eigenvalue weighted by Gasteiger charge is 2.32. The molecule has 1 aromatic heterocycles. The molecule has 2 aromatic rings. The molecule has 2 heterocycles. The number of nitrogens with zero attached hydrogens (tertiary/aromatic N) is 3. The van der Waals surface area contributed by atoms with Crippen molar-refractivity contribution in [3.05, 3.63) is 58.0 Å². The molecule has 3 rings (SSSR count). The lowest BCUT2D eigenvalue weighted by atomic mass is 10.0. The Morgan fingerprint density at radius 3 is 2.73 bits per heavy atom. The second-order valence-electron chi connectivity index (χ2n) is 5.51. The Morgan fingerprint density at radius 2 is 2.00 bits per heavy atom. The molecule has 6 heteroatoms. The van der Waals surface area contributed by atoms with Crippen LogP contribution in [0.5, 0.6) is 5.75 Å². The minimum atomic E-state index is -0.628. The number of aromatic hydroxyl groups is 1. The lowest BCUT2D eigenvalue weighted by molar-refractivity contribution is 0.0691. The number of benzene rings is 1. The van der Waals surface area contributed by atoms with Crippen molar-refractivity contribution in [2.75, 3.05) is 13.6 Å². The molecule has 22 heavy (non-hydrogen) atoms. The number of aromatic nitrogens is 2.